The number of rotatable bonds is 7. The van der Waals surface area contributed by atoms with Crippen molar-refractivity contribution in [3.05, 3.63) is 35.2 Å². The van der Waals surface area contributed by atoms with E-state index in [2.05, 4.69) is 25.8 Å². The number of aromatic amines is 1. The van der Waals surface area contributed by atoms with Gasteiger partial charge < -0.3 is 19.2 Å². The van der Waals surface area contributed by atoms with E-state index in [9.17, 15) is 8.78 Å². The van der Waals surface area contributed by atoms with Crippen LogP contribution in [0.15, 0.2) is 23.5 Å². The first-order valence-corrected chi connectivity index (χ1v) is 9.06. The molecular weight excluding hydrogens is 376 g/mol. The average Bonchev–Trinajstić information content (AvgIpc) is 3.02. The molecule has 0 fully saturated rings. The molecule has 1 N–H and O–H groups in total. The summed E-state index contributed by atoms with van der Waals surface area (Å²) in [4.78, 5) is 12.1. The summed E-state index contributed by atoms with van der Waals surface area (Å²) in [6.07, 6.45) is 1.82. The standard InChI is InChI=1S/C18H19F2N3O3S/c1-9-5-10(2)12(21-7-9)8-27-18-22-11-6-13(24-3)15(26-17(19)20)16(25-4)14(11)23-18/h5-7,17H,8H2,1-4H3,(H,22,23). The summed E-state index contributed by atoms with van der Waals surface area (Å²) in [7, 11) is 2.74. The predicted octanol–water partition coefficient (Wildman–Crippen LogP) is 4.49. The molecule has 0 spiro atoms. The Morgan fingerprint density at radius 2 is 1.93 bits per heavy atom. The Kier molecular flexibility index (Phi) is 5.69. The van der Waals surface area contributed by atoms with E-state index in [0.29, 0.717) is 21.9 Å². The number of methoxy groups -OCH3 is 2. The topological polar surface area (TPSA) is 69.3 Å². The van der Waals surface area contributed by atoms with Crippen LogP contribution in [0.25, 0.3) is 11.0 Å². The van der Waals surface area contributed by atoms with Crippen molar-refractivity contribution >= 4 is 22.8 Å². The Balaban J connectivity index is 1.94. The number of hydrogen-bond acceptors (Lipinski definition) is 6. The number of nitrogens with one attached hydrogen (secondary N) is 1. The number of aromatic nitrogens is 3. The molecule has 2 aromatic heterocycles. The molecule has 6 nitrogen and oxygen atoms in total. The van der Waals surface area contributed by atoms with E-state index in [1.54, 1.807) is 6.07 Å². The Bertz CT molecular complexity index is 963. The number of H-pyrrole nitrogens is 1. The first kappa shape index (κ1) is 19.2. The summed E-state index contributed by atoms with van der Waals surface area (Å²) >= 11 is 1.46. The molecule has 0 saturated carbocycles. The van der Waals surface area contributed by atoms with Gasteiger partial charge in [-0.15, -0.1) is 0 Å². The van der Waals surface area contributed by atoms with Crippen LogP contribution in [0, 0.1) is 13.8 Å². The van der Waals surface area contributed by atoms with Crippen molar-refractivity contribution < 1.29 is 23.0 Å². The number of fused-ring (bicyclic) bond motifs is 1. The molecule has 0 saturated heterocycles. The Labute approximate surface area is 159 Å². The van der Waals surface area contributed by atoms with Gasteiger partial charge in [-0.3, -0.25) is 4.98 Å². The maximum Gasteiger partial charge on any atom is 0.387 e. The van der Waals surface area contributed by atoms with Crippen LogP contribution >= 0.6 is 11.8 Å². The number of nitrogens with zero attached hydrogens (tertiary/aromatic N) is 2. The van der Waals surface area contributed by atoms with Crippen LogP contribution in [-0.2, 0) is 5.75 Å². The molecule has 0 bridgehead atoms. The van der Waals surface area contributed by atoms with E-state index in [-0.39, 0.29) is 17.2 Å². The smallest absolute Gasteiger partial charge is 0.387 e. The number of pyridine rings is 1. The first-order valence-electron chi connectivity index (χ1n) is 8.07. The molecule has 0 aliphatic carbocycles. The van der Waals surface area contributed by atoms with E-state index in [1.807, 2.05) is 20.0 Å². The SMILES string of the molecule is COc1cc2[nH]c(SCc3ncc(C)cc3C)nc2c(OC)c1OC(F)F. The zero-order valence-corrected chi connectivity index (χ0v) is 16.1. The van der Waals surface area contributed by atoms with Crippen LogP contribution in [0.2, 0.25) is 0 Å². The number of aryl methyl sites for hydroxylation is 2. The molecule has 0 aliphatic rings. The van der Waals surface area contributed by atoms with Gasteiger partial charge in [-0.2, -0.15) is 8.78 Å². The predicted molar refractivity (Wildman–Crippen MR) is 99.1 cm³/mol. The third kappa shape index (κ3) is 4.08. The fraction of sp³-hybridized carbons (Fsp3) is 0.333. The Hall–Kier alpha value is -2.55. The summed E-state index contributed by atoms with van der Waals surface area (Å²) in [5.41, 5.74) is 4.16. The lowest BCUT2D eigenvalue weighted by Crippen LogP contribution is -2.05. The first-order chi connectivity index (χ1) is 12.9. The lowest BCUT2D eigenvalue weighted by Gasteiger charge is -2.13. The van der Waals surface area contributed by atoms with Crippen molar-refractivity contribution in [3.8, 4) is 17.2 Å². The lowest BCUT2D eigenvalue weighted by atomic mass is 10.2. The maximum absolute atomic E-state index is 12.8. The van der Waals surface area contributed by atoms with Crippen LogP contribution < -0.4 is 14.2 Å². The van der Waals surface area contributed by atoms with Crippen molar-refractivity contribution in [2.24, 2.45) is 0 Å². The van der Waals surface area contributed by atoms with Gasteiger partial charge in [0, 0.05) is 18.0 Å². The molecule has 0 aliphatic heterocycles. The molecule has 27 heavy (non-hydrogen) atoms. The van der Waals surface area contributed by atoms with Gasteiger partial charge in [0.1, 0.15) is 5.52 Å². The van der Waals surface area contributed by atoms with Gasteiger partial charge in [-0.05, 0) is 25.0 Å². The molecule has 0 amide bonds. The van der Waals surface area contributed by atoms with Crippen LogP contribution in [-0.4, -0.2) is 35.8 Å². The minimum atomic E-state index is -3.01. The fourth-order valence-electron chi connectivity index (χ4n) is 2.70. The summed E-state index contributed by atoms with van der Waals surface area (Å²) in [5.74, 6) is 0.668. The molecule has 1 aromatic carbocycles. The maximum atomic E-state index is 12.8. The third-order valence-corrected chi connectivity index (χ3v) is 4.82. The van der Waals surface area contributed by atoms with Crippen LogP contribution in [0.3, 0.4) is 0 Å². The number of imidazole rings is 1. The monoisotopic (exact) mass is 395 g/mol. The van der Waals surface area contributed by atoms with Gasteiger partial charge in [0.15, 0.2) is 16.7 Å². The highest BCUT2D eigenvalue weighted by atomic mass is 32.2. The largest absolute Gasteiger partial charge is 0.493 e. The number of benzene rings is 1. The Morgan fingerprint density at radius 1 is 1.15 bits per heavy atom. The number of thioether (sulfide) groups is 1. The number of ether oxygens (including phenoxy) is 3. The number of hydrogen-bond donors (Lipinski definition) is 1. The van der Waals surface area contributed by atoms with E-state index < -0.39 is 6.61 Å². The van der Waals surface area contributed by atoms with Gasteiger partial charge in [0.05, 0.1) is 25.4 Å². The van der Waals surface area contributed by atoms with Crippen molar-refractivity contribution in [1.82, 2.24) is 15.0 Å². The molecule has 0 atom stereocenters. The van der Waals surface area contributed by atoms with Crippen molar-refractivity contribution in [2.75, 3.05) is 14.2 Å². The minimum Gasteiger partial charge on any atom is -0.493 e. The van der Waals surface area contributed by atoms with Gasteiger partial charge in [0.25, 0.3) is 0 Å². The third-order valence-electron chi connectivity index (χ3n) is 3.93. The summed E-state index contributed by atoms with van der Waals surface area (Å²) in [5, 5.41) is 0.612. The van der Waals surface area contributed by atoms with Crippen molar-refractivity contribution in [2.45, 2.75) is 31.4 Å². The molecule has 2 heterocycles. The highest BCUT2D eigenvalue weighted by Gasteiger charge is 2.22. The number of alkyl halides is 2. The van der Waals surface area contributed by atoms with E-state index in [0.717, 1.165) is 16.8 Å². The van der Waals surface area contributed by atoms with Gasteiger partial charge >= 0.3 is 6.61 Å². The van der Waals surface area contributed by atoms with Crippen LogP contribution in [0.4, 0.5) is 8.78 Å². The normalized spacial score (nSPS) is 11.2. The summed E-state index contributed by atoms with van der Waals surface area (Å²) in [6.45, 7) is 0.999. The molecule has 3 rings (SSSR count). The van der Waals surface area contributed by atoms with Crippen LogP contribution in [0.5, 0.6) is 17.2 Å². The second kappa shape index (κ2) is 7.99. The van der Waals surface area contributed by atoms with Gasteiger partial charge in [0.2, 0.25) is 5.75 Å². The molecule has 0 radical (unpaired) electrons. The summed E-state index contributed by atoms with van der Waals surface area (Å²) < 4.78 is 40.5. The summed E-state index contributed by atoms with van der Waals surface area (Å²) in [6, 6.07) is 3.63. The van der Waals surface area contributed by atoms with E-state index in [4.69, 9.17) is 9.47 Å². The quantitative estimate of drug-likeness (QED) is 0.595. The molecule has 3 aromatic rings. The molecule has 144 valence electrons. The average molecular weight is 395 g/mol. The highest BCUT2D eigenvalue weighted by molar-refractivity contribution is 7.98. The van der Waals surface area contributed by atoms with Crippen molar-refractivity contribution in [3.63, 3.8) is 0 Å². The van der Waals surface area contributed by atoms with E-state index >= 15 is 0 Å². The lowest BCUT2D eigenvalue weighted by molar-refractivity contribution is -0.0524. The fourth-order valence-corrected chi connectivity index (χ4v) is 3.61. The highest BCUT2D eigenvalue weighted by Crippen LogP contribution is 2.44. The van der Waals surface area contributed by atoms with Gasteiger partial charge in [-0.25, -0.2) is 4.98 Å². The number of halogens is 2. The molecule has 9 heteroatoms. The van der Waals surface area contributed by atoms with E-state index in [1.165, 1.54) is 26.0 Å². The second-order valence-electron chi connectivity index (χ2n) is 5.82. The minimum absolute atomic E-state index is 0.0948. The molecule has 0 unspecified atom stereocenters. The zero-order chi connectivity index (χ0) is 19.6. The molecular formula is C18H19F2N3O3S. The van der Waals surface area contributed by atoms with Crippen molar-refractivity contribution in [1.29, 1.82) is 0 Å². The van der Waals surface area contributed by atoms with Crippen LogP contribution in [0.1, 0.15) is 16.8 Å². The Morgan fingerprint density at radius 3 is 2.56 bits per heavy atom. The zero-order valence-electron chi connectivity index (χ0n) is 15.3. The second-order valence-corrected chi connectivity index (χ2v) is 6.79. The van der Waals surface area contributed by atoms with Gasteiger partial charge in [-0.1, -0.05) is 17.8 Å².